The standard InChI is InChI=1S/C12H12Cl2FNO3S/c1-7-2-3-9(13)12(11(7)14)16-5-8(4-10(16)17)6-20(15,18)19/h2-3,8H,4-6H2,1H3. The minimum Gasteiger partial charge on any atom is -0.309 e. The summed E-state index contributed by atoms with van der Waals surface area (Å²) < 4.78 is 34.1. The molecule has 20 heavy (non-hydrogen) atoms. The van der Waals surface area contributed by atoms with Crippen molar-refractivity contribution in [1.82, 2.24) is 0 Å². The lowest BCUT2D eigenvalue weighted by Gasteiger charge is -2.20. The van der Waals surface area contributed by atoms with Gasteiger partial charge in [0.2, 0.25) is 5.91 Å². The maximum Gasteiger partial charge on any atom is 0.302 e. The normalized spacial score (nSPS) is 19.7. The van der Waals surface area contributed by atoms with Crippen molar-refractivity contribution in [2.24, 2.45) is 5.92 Å². The van der Waals surface area contributed by atoms with Crippen molar-refractivity contribution in [2.75, 3.05) is 17.2 Å². The number of benzene rings is 1. The highest BCUT2D eigenvalue weighted by Gasteiger charge is 2.35. The average Bonchev–Trinajstić information content (AvgIpc) is 2.63. The molecule has 1 aromatic rings. The Labute approximate surface area is 126 Å². The van der Waals surface area contributed by atoms with E-state index in [1.807, 2.05) is 0 Å². The zero-order valence-corrected chi connectivity index (χ0v) is 12.9. The molecule has 0 N–H and O–H groups in total. The fourth-order valence-corrected chi connectivity index (χ4v) is 3.64. The summed E-state index contributed by atoms with van der Waals surface area (Å²) in [6.07, 6.45) is -0.0379. The molecule has 1 saturated heterocycles. The first-order valence-corrected chi connectivity index (χ1v) is 8.17. The first-order valence-electron chi connectivity index (χ1n) is 5.86. The summed E-state index contributed by atoms with van der Waals surface area (Å²) in [7, 11) is -4.61. The van der Waals surface area contributed by atoms with Crippen LogP contribution in [0.5, 0.6) is 0 Å². The number of carbonyl (C=O) groups excluding carboxylic acids is 1. The van der Waals surface area contributed by atoms with Gasteiger partial charge in [-0.3, -0.25) is 4.79 Å². The highest BCUT2D eigenvalue weighted by atomic mass is 35.5. The molecule has 8 heteroatoms. The van der Waals surface area contributed by atoms with Crippen molar-refractivity contribution in [3.05, 3.63) is 27.7 Å². The second-order valence-electron chi connectivity index (χ2n) is 4.81. The van der Waals surface area contributed by atoms with Crippen molar-refractivity contribution in [3.8, 4) is 0 Å². The molecular formula is C12H12Cl2FNO3S. The number of hydrogen-bond acceptors (Lipinski definition) is 3. The van der Waals surface area contributed by atoms with Gasteiger partial charge in [0, 0.05) is 18.9 Å². The second-order valence-corrected chi connectivity index (χ2v) is 7.00. The van der Waals surface area contributed by atoms with Crippen molar-refractivity contribution in [2.45, 2.75) is 13.3 Å². The van der Waals surface area contributed by atoms with E-state index in [1.54, 1.807) is 19.1 Å². The summed E-state index contributed by atoms with van der Waals surface area (Å²) in [5, 5.41) is 0.646. The van der Waals surface area contributed by atoms with Gasteiger partial charge in [0.1, 0.15) is 0 Å². The Kier molecular flexibility index (Phi) is 4.27. The fourth-order valence-electron chi connectivity index (χ4n) is 2.28. The Morgan fingerprint density at radius 2 is 2.05 bits per heavy atom. The van der Waals surface area contributed by atoms with Crippen molar-refractivity contribution in [1.29, 1.82) is 0 Å². The summed E-state index contributed by atoms with van der Waals surface area (Å²) >= 11 is 12.2. The van der Waals surface area contributed by atoms with E-state index in [0.29, 0.717) is 15.7 Å². The quantitative estimate of drug-likeness (QED) is 0.795. The molecule has 1 heterocycles. The lowest BCUT2D eigenvalue weighted by atomic mass is 10.1. The molecule has 0 radical (unpaired) electrons. The Bertz CT molecular complexity index is 663. The number of halogens is 3. The highest BCUT2D eigenvalue weighted by molar-refractivity contribution is 7.86. The molecule has 1 aliphatic rings. The van der Waals surface area contributed by atoms with E-state index in [0.717, 1.165) is 5.56 Å². The van der Waals surface area contributed by atoms with E-state index in [1.165, 1.54) is 4.90 Å². The van der Waals surface area contributed by atoms with Gasteiger partial charge in [0.05, 0.1) is 21.5 Å². The molecule has 1 amide bonds. The minimum atomic E-state index is -4.61. The maximum atomic E-state index is 12.7. The van der Waals surface area contributed by atoms with E-state index in [2.05, 4.69) is 0 Å². The number of amides is 1. The summed E-state index contributed by atoms with van der Waals surface area (Å²) in [6, 6.07) is 3.34. The van der Waals surface area contributed by atoms with E-state index < -0.39 is 21.9 Å². The molecule has 0 bridgehead atoms. The van der Waals surface area contributed by atoms with Crippen molar-refractivity contribution >= 4 is 45.0 Å². The van der Waals surface area contributed by atoms with Crippen molar-refractivity contribution in [3.63, 3.8) is 0 Å². The molecule has 1 aliphatic heterocycles. The number of anilines is 1. The van der Waals surface area contributed by atoms with Gasteiger partial charge in [0.15, 0.2) is 0 Å². The van der Waals surface area contributed by atoms with E-state index >= 15 is 0 Å². The van der Waals surface area contributed by atoms with Gasteiger partial charge < -0.3 is 4.90 Å². The van der Waals surface area contributed by atoms with Gasteiger partial charge in [-0.2, -0.15) is 8.42 Å². The molecule has 1 atom stereocenters. The summed E-state index contributed by atoms with van der Waals surface area (Å²) in [5.41, 5.74) is 1.11. The SMILES string of the molecule is Cc1ccc(Cl)c(N2CC(CS(=O)(=O)F)CC2=O)c1Cl. The van der Waals surface area contributed by atoms with Crippen LogP contribution in [-0.2, 0) is 15.0 Å². The largest absolute Gasteiger partial charge is 0.309 e. The van der Waals surface area contributed by atoms with Crippen LogP contribution in [-0.4, -0.2) is 26.6 Å². The van der Waals surface area contributed by atoms with Crippen LogP contribution in [0.15, 0.2) is 12.1 Å². The van der Waals surface area contributed by atoms with E-state index in [-0.39, 0.29) is 18.9 Å². The number of carbonyl (C=O) groups is 1. The third-order valence-corrected chi connectivity index (χ3v) is 4.82. The Balaban J connectivity index is 2.31. The topological polar surface area (TPSA) is 54.5 Å². The number of nitrogens with zero attached hydrogens (tertiary/aromatic N) is 1. The molecule has 4 nitrogen and oxygen atoms in total. The first kappa shape index (κ1) is 15.5. The fraction of sp³-hybridized carbons (Fsp3) is 0.417. The van der Waals surface area contributed by atoms with Gasteiger partial charge >= 0.3 is 10.2 Å². The lowest BCUT2D eigenvalue weighted by molar-refractivity contribution is -0.117. The molecule has 1 fully saturated rings. The van der Waals surface area contributed by atoms with E-state index in [4.69, 9.17) is 23.2 Å². The maximum absolute atomic E-state index is 12.7. The van der Waals surface area contributed by atoms with Crippen LogP contribution in [0.4, 0.5) is 9.57 Å². The monoisotopic (exact) mass is 339 g/mol. The Morgan fingerprint density at radius 1 is 1.40 bits per heavy atom. The van der Waals surface area contributed by atoms with Crippen LogP contribution in [0.2, 0.25) is 10.0 Å². The summed E-state index contributed by atoms with van der Waals surface area (Å²) in [4.78, 5) is 13.3. The second kappa shape index (κ2) is 5.50. The number of aryl methyl sites for hydroxylation is 1. The van der Waals surface area contributed by atoms with Gasteiger partial charge in [-0.25, -0.2) is 0 Å². The van der Waals surface area contributed by atoms with Gasteiger partial charge in [-0.1, -0.05) is 29.3 Å². The van der Waals surface area contributed by atoms with Gasteiger partial charge in [0.25, 0.3) is 0 Å². The van der Waals surface area contributed by atoms with Crippen LogP contribution in [0.1, 0.15) is 12.0 Å². The zero-order valence-electron chi connectivity index (χ0n) is 10.6. The predicted molar refractivity (Wildman–Crippen MR) is 76.6 cm³/mol. The van der Waals surface area contributed by atoms with Crippen LogP contribution < -0.4 is 4.90 Å². The Hall–Kier alpha value is -0.850. The molecule has 0 aliphatic carbocycles. The molecule has 110 valence electrons. The number of rotatable bonds is 3. The molecule has 0 aromatic heterocycles. The van der Waals surface area contributed by atoms with Crippen LogP contribution in [0, 0.1) is 12.8 Å². The van der Waals surface area contributed by atoms with Crippen molar-refractivity contribution < 1.29 is 17.1 Å². The smallest absolute Gasteiger partial charge is 0.302 e. The average molecular weight is 340 g/mol. The van der Waals surface area contributed by atoms with Crippen LogP contribution in [0.3, 0.4) is 0 Å². The number of hydrogen-bond donors (Lipinski definition) is 0. The molecular weight excluding hydrogens is 328 g/mol. The van der Waals surface area contributed by atoms with Crippen LogP contribution in [0.25, 0.3) is 0 Å². The molecule has 0 spiro atoms. The highest BCUT2D eigenvalue weighted by Crippen LogP contribution is 2.39. The first-order chi connectivity index (χ1) is 9.19. The zero-order chi connectivity index (χ0) is 15.1. The van der Waals surface area contributed by atoms with E-state index in [9.17, 15) is 17.1 Å². The molecule has 1 aromatic carbocycles. The summed E-state index contributed by atoms with van der Waals surface area (Å²) in [5.74, 6) is -1.57. The van der Waals surface area contributed by atoms with Gasteiger partial charge in [-0.05, 0) is 18.6 Å². The van der Waals surface area contributed by atoms with Gasteiger partial charge in [-0.15, -0.1) is 3.89 Å². The molecule has 0 saturated carbocycles. The predicted octanol–water partition coefficient (Wildman–Crippen LogP) is 2.95. The Morgan fingerprint density at radius 3 is 2.65 bits per heavy atom. The lowest BCUT2D eigenvalue weighted by Crippen LogP contribution is -2.26. The minimum absolute atomic E-state index is 0.0379. The third kappa shape index (κ3) is 3.24. The molecule has 1 unspecified atom stereocenters. The third-order valence-electron chi connectivity index (χ3n) is 3.17. The van der Waals surface area contributed by atoms with Crippen LogP contribution >= 0.6 is 23.2 Å². The summed E-state index contributed by atoms with van der Waals surface area (Å²) in [6.45, 7) is 1.86. The molecule has 2 rings (SSSR count).